The first-order chi connectivity index (χ1) is 15.5. The van der Waals surface area contributed by atoms with E-state index in [1.54, 1.807) is 23.0 Å². The molecular weight excluding hydrogens is 403 g/mol. The number of carbonyl (C=O) groups is 1. The molecule has 3 aromatic carbocycles. The summed E-state index contributed by atoms with van der Waals surface area (Å²) in [6, 6.07) is 19.9. The zero-order chi connectivity index (χ0) is 22.2. The number of fused-ring (bicyclic) bond motifs is 3. The van der Waals surface area contributed by atoms with E-state index in [2.05, 4.69) is 16.4 Å². The summed E-state index contributed by atoms with van der Waals surface area (Å²) >= 11 is 0. The fourth-order valence-corrected chi connectivity index (χ4v) is 3.96. The van der Waals surface area contributed by atoms with Crippen molar-refractivity contribution in [3.05, 3.63) is 89.9 Å². The highest BCUT2D eigenvalue weighted by Gasteiger charge is 2.18. The van der Waals surface area contributed by atoms with Gasteiger partial charge in [-0.1, -0.05) is 23.8 Å². The van der Waals surface area contributed by atoms with Gasteiger partial charge in [-0.3, -0.25) is 14.5 Å². The van der Waals surface area contributed by atoms with Crippen molar-refractivity contribution in [2.24, 2.45) is 0 Å². The third kappa shape index (κ3) is 3.71. The Morgan fingerprint density at radius 3 is 2.53 bits per heavy atom. The summed E-state index contributed by atoms with van der Waals surface area (Å²) < 4.78 is 15.2. The summed E-state index contributed by atoms with van der Waals surface area (Å²) in [5, 5.41) is 9.45. The number of halogens is 1. The number of aryl methyl sites for hydroxylation is 2. The first-order valence-corrected chi connectivity index (χ1v) is 10.4. The third-order valence-electron chi connectivity index (χ3n) is 5.44. The molecule has 0 aliphatic rings. The van der Waals surface area contributed by atoms with Crippen molar-refractivity contribution in [3.63, 3.8) is 0 Å². The van der Waals surface area contributed by atoms with Gasteiger partial charge in [0.05, 0.1) is 11.0 Å². The molecule has 0 atom stereocenters. The average Bonchev–Trinajstić information content (AvgIpc) is 3.13. The second kappa shape index (κ2) is 7.89. The Kier molecular flexibility index (Phi) is 4.90. The van der Waals surface area contributed by atoms with Gasteiger partial charge in [-0.15, -0.1) is 0 Å². The number of pyridine rings is 1. The quantitative estimate of drug-likeness (QED) is 0.406. The van der Waals surface area contributed by atoms with Crippen molar-refractivity contribution in [2.45, 2.75) is 20.4 Å². The highest BCUT2D eigenvalue weighted by Crippen LogP contribution is 2.32. The topological polar surface area (TPSA) is 59.8 Å². The lowest BCUT2D eigenvalue weighted by Gasteiger charge is -2.08. The molecule has 2 aromatic heterocycles. The molecule has 5 nitrogen and oxygen atoms in total. The van der Waals surface area contributed by atoms with Gasteiger partial charge in [-0.05, 0) is 67.9 Å². The van der Waals surface area contributed by atoms with E-state index < -0.39 is 0 Å². The highest BCUT2D eigenvalue weighted by molar-refractivity contribution is 6.08. The molecule has 1 amide bonds. The largest absolute Gasteiger partial charge is 0.324 e. The summed E-state index contributed by atoms with van der Waals surface area (Å²) in [6.07, 6.45) is 1.77. The summed E-state index contributed by atoms with van der Waals surface area (Å²) in [4.78, 5) is 17.5. The van der Waals surface area contributed by atoms with Crippen LogP contribution in [0.3, 0.4) is 0 Å². The minimum absolute atomic E-state index is 0.0404. The number of rotatable bonds is 4. The normalized spacial score (nSPS) is 11.2. The lowest BCUT2D eigenvalue weighted by molar-refractivity contribution is -0.116. The molecule has 0 aliphatic carbocycles. The number of hydrogen-bond donors (Lipinski definition) is 1. The summed E-state index contributed by atoms with van der Waals surface area (Å²) in [5.41, 5.74) is 5.99. The fraction of sp³-hybridized carbons (Fsp3) is 0.115. The van der Waals surface area contributed by atoms with E-state index in [-0.39, 0.29) is 18.3 Å². The lowest BCUT2D eigenvalue weighted by atomic mass is 10.1. The van der Waals surface area contributed by atoms with Crippen LogP contribution >= 0.6 is 0 Å². The van der Waals surface area contributed by atoms with Crippen LogP contribution < -0.4 is 5.32 Å². The number of nitrogens with one attached hydrogen (secondary N) is 1. The van der Waals surface area contributed by atoms with Crippen LogP contribution in [0, 0.1) is 19.7 Å². The lowest BCUT2D eigenvalue weighted by Crippen LogP contribution is -2.19. The molecule has 32 heavy (non-hydrogen) atoms. The van der Waals surface area contributed by atoms with Gasteiger partial charge < -0.3 is 5.32 Å². The zero-order valence-electron chi connectivity index (χ0n) is 17.8. The molecule has 0 bridgehead atoms. The van der Waals surface area contributed by atoms with Gasteiger partial charge in [-0.25, -0.2) is 4.39 Å². The predicted octanol–water partition coefficient (Wildman–Crippen LogP) is 5.65. The maximum absolute atomic E-state index is 13.5. The maximum atomic E-state index is 13.5. The molecule has 0 radical (unpaired) electrons. The molecule has 0 saturated heterocycles. The number of anilines is 1. The van der Waals surface area contributed by atoms with E-state index >= 15 is 0 Å². The van der Waals surface area contributed by atoms with Gasteiger partial charge in [0.2, 0.25) is 5.91 Å². The highest BCUT2D eigenvalue weighted by atomic mass is 19.1. The summed E-state index contributed by atoms with van der Waals surface area (Å²) in [6.45, 7) is 4.04. The van der Waals surface area contributed by atoms with Gasteiger partial charge in [-0.2, -0.15) is 5.10 Å². The van der Waals surface area contributed by atoms with E-state index in [9.17, 15) is 9.18 Å². The van der Waals surface area contributed by atoms with Crippen LogP contribution in [0.4, 0.5) is 10.1 Å². The first kappa shape index (κ1) is 19.9. The van der Waals surface area contributed by atoms with E-state index in [0.29, 0.717) is 5.69 Å². The smallest absolute Gasteiger partial charge is 0.246 e. The molecular formula is C26H21FN4O. The predicted molar refractivity (Wildman–Crippen MR) is 125 cm³/mol. The third-order valence-corrected chi connectivity index (χ3v) is 5.44. The Balaban J connectivity index is 1.64. The average molecular weight is 424 g/mol. The molecule has 0 spiro atoms. The second-order valence-corrected chi connectivity index (χ2v) is 7.97. The Morgan fingerprint density at radius 2 is 1.75 bits per heavy atom. The standard InChI is InChI=1S/C26H21FN4O/c1-16-4-3-5-20(12-16)29-24(32)15-31-26-21-13-17(2)6-11-23(21)28-14-22(26)25(30-31)18-7-9-19(27)10-8-18/h3-14H,15H2,1-2H3,(H,29,32). The molecule has 0 unspecified atom stereocenters. The SMILES string of the molecule is Cc1cccc(NC(=O)Cn2nc(-c3ccc(F)cc3)c3cnc4ccc(C)cc4c32)c1. The summed E-state index contributed by atoms with van der Waals surface area (Å²) in [7, 11) is 0. The zero-order valence-corrected chi connectivity index (χ0v) is 17.8. The van der Waals surface area contributed by atoms with E-state index in [4.69, 9.17) is 5.10 Å². The Morgan fingerprint density at radius 1 is 0.969 bits per heavy atom. The van der Waals surface area contributed by atoms with Gasteiger partial charge in [0.1, 0.15) is 18.1 Å². The van der Waals surface area contributed by atoms with E-state index in [1.807, 2.05) is 50.2 Å². The fourth-order valence-electron chi connectivity index (χ4n) is 3.96. The number of nitrogens with zero attached hydrogens (tertiary/aromatic N) is 3. The molecule has 0 aliphatic heterocycles. The van der Waals surface area contributed by atoms with Gasteiger partial charge in [0.15, 0.2) is 0 Å². The number of hydrogen-bond acceptors (Lipinski definition) is 3. The van der Waals surface area contributed by atoms with E-state index in [0.717, 1.165) is 44.2 Å². The van der Waals surface area contributed by atoms with Crippen molar-refractivity contribution in [1.82, 2.24) is 14.8 Å². The van der Waals surface area contributed by atoms with Gasteiger partial charge >= 0.3 is 0 Å². The van der Waals surface area contributed by atoms with Crippen LogP contribution in [0.15, 0.2) is 72.9 Å². The minimum atomic E-state index is -0.311. The Bertz CT molecular complexity index is 1470. The monoisotopic (exact) mass is 424 g/mol. The molecule has 6 heteroatoms. The van der Waals surface area contributed by atoms with Crippen LogP contribution in [0.1, 0.15) is 11.1 Å². The number of carbonyl (C=O) groups excluding carboxylic acids is 1. The Labute approximate surface area is 184 Å². The van der Waals surface area contributed by atoms with Crippen molar-refractivity contribution in [1.29, 1.82) is 0 Å². The van der Waals surface area contributed by atoms with Crippen molar-refractivity contribution in [3.8, 4) is 11.3 Å². The van der Waals surface area contributed by atoms with Crippen molar-refractivity contribution >= 4 is 33.4 Å². The van der Waals surface area contributed by atoms with Crippen molar-refractivity contribution < 1.29 is 9.18 Å². The van der Waals surface area contributed by atoms with Crippen LogP contribution in [0.5, 0.6) is 0 Å². The molecule has 5 rings (SSSR count). The minimum Gasteiger partial charge on any atom is -0.324 e. The molecule has 158 valence electrons. The number of aromatic nitrogens is 3. The van der Waals surface area contributed by atoms with Crippen LogP contribution in [-0.2, 0) is 11.3 Å². The number of benzene rings is 3. The molecule has 1 N–H and O–H groups in total. The van der Waals surface area contributed by atoms with Gasteiger partial charge in [0, 0.05) is 28.2 Å². The van der Waals surface area contributed by atoms with Crippen LogP contribution in [-0.4, -0.2) is 20.7 Å². The molecule has 5 aromatic rings. The Hall–Kier alpha value is -4.06. The van der Waals surface area contributed by atoms with Crippen molar-refractivity contribution in [2.75, 3.05) is 5.32 Å². The van der Waals surface area contributed by atoms with Crippen LogP contribution in [0.25, 0.3) is 33.1 Å². The van der Waals surface area contributed by atoms with Gasteiger partial charge in [0.25, 0.3) is 0 Å². The molecule has 2 heterocycles. The second-order valence-electron chi connectivity index (χ2n) is 7.97. The first-order valence-electron chi connectivity index (χ1n) is 10.4. The number of amides is 1. The molecule has 0 saturated carbocycles. The maximum Gasteiger partial charge on any atom is 0.246 e. The summed E-state index contributed by atoms with van der Waals surface area (Å²) in [5.74, 6) is -0.488. The molecule has 0 fully saturated rings. The van der Waals surface area contributed by atoms with E-state index in [1.165, 1.54) is 12.1 Å². The van der Waals surface area contributed by atoms with Crippen LogP contribution in [0.2, 0.25) is 0 Å².